The molecule has 25 heavy (non-hydrogen) atoms. The van der Waals surface area contributed by atoms with E-state index in [1.807, 2.05) is 20.8 Å². The van der Waals surface area contributed by atoms with Crippen LogP contribution in [-0.2, 0) is 4.74 Å². The Bertz CT molecular complexity index is 714. The molecule has 2 heterocycles. The molecule has 0 saturated heterocycles. The highest BCUT2D eigenvalue weighted by Crippen LogP contribution is 2.18. The van der Waals surface area contributed by atoms with Crippen molar-refractivity contribution in [3.8, 4) is 11.7 Å². The first-order valence-electron chi connectivity index (χ1n) is 7.31. The van der Waals surface area contributed by atoms with Crippen LogP contribution in [0.1, 0.15) is 39.6 Å². The summed E-state index contributed by atoms with van der Waals surface area (Å²) in [6, 6.07) is 0. The Morgan fingerprint density at radius 3 is 2.44 bits per heavy atom. The highest BCUT2D eigenvalue weighted by atomic mass is 19.3. The highest BCUT2D eigenvalue weighted by molar-refractivity contribution is 5.68. The molecule has 2 aromatic heterocycles. The van der Waals surface area contributed by atoms with Gasteiger partial charge >= 0.3 is 12.7 Å². The Labute approximate surface area is 142 Å². The van der Waals surface area contributed by atoms with E-state index in [1.165, 1.54) is 11.0 Å². The third kappa shape index (κ3) is 5.33. The first kappa shape index (κ1) is 18.5. The van der Waals surface area contributed by atoms with Gasteiger partial charge in [0.25, 0.3) is 5.95 Å². The number of halogens is 2. The Morgan fingerprint density at radius 2 is 1.88 bits per heavy atom. The molecule has 1 N–H and O–H groups in total. The molecule has 1 atom stereocenters. The number of carbonyl (C=O) groups is 1. The first-order chi connectivity index (χ1) is 11.7. The summed E-state index contributed by atoms with van der Waals surface area (Å²) in [6.45, 7) is 4.09. The summed E-state index contributed by atoms with van der Waals surface area (Å²) in [5, 5.41) is 6.62. The number of rotatable bonds is 5. The lowest BCUT2D eigenvalue weighted by molar-refractivity contribution is -0.0503. The van der Waals surface area contributed by atoms with Crippen LogP contribution in [0.4, 0.5) is 13.6 Å². The molecule has 2 rings (SSSR count). The molecule has 0 bridgehead atoms. The van der Waals surface area contributed by atoms with Gasteiger partial charge in [0.05, 0.1) is 12.4 Å². The molecular weight excluding hydrogens is 338 g/mol. The van der Waals surface area contributed by atoms with E-state index < -0.39 is 24.3 Å². The summed E-state index contributed by atoms with van der Waals surface area (Å²) in [6.07, 6.45) is 2.04. The number of alkyl halides is 2. The lowest BCUT2D eigenvalue weighted by atomic mass is 10.1. The van der Waals surface area contributed by atoms with E-state index in [0.717, 1.165) is 12.4 Å². The minimum absolute atomic E-state index is 0.0702. The van der Waals surface area contributed by atoms with Gasteiger partial charge in [0, 0.05) is 5.54 Å². The van der Waals surface area contributed by atoms with Crippen LogP contribution in [0.5, 0.6) is 5.75 Å². The van der Waals surface area contributed by atoms with Gasteiger partial charge in [-0.3, -0.25) is 0 Å². The molecule has 0 saturated carbocycles. The molecule has 0 fully saturated rings. The SMILES string of the molecule is CC(OC(=O)NC(C)(C)C)c1ncnn1-c1ncc(OC(F)F)cn1. The Hall–Kier alpha value is -2.85. The fraction of sp³-hybridized carbons (Fsp3) is 0.500. The summed E-state index contributed by atoms with van der Waals surface area (Å²) in [7, 11) is 0. The molecule has 0 aromatic carbocycles. The van der Waals surface area contributed by atoms with Gasteiger partial charge in [-0.25, -0.2) is 19.7 Å². The van der Waals surface area contributed by atoms with Gasteiger partial charge in [-0.15, -0.1) is 0 Å². The molecule has 1 unspecified atom stereocenters. The van der Waals surface area contributed by atoms with Crippen molar-refractivity contribution in [3.05, 3.63) is 24.5 Å². The smallest absolute Gasteiger partial charge is 0.408 e. The van der Waals surface area contributed by atoms with Crippen molar-refractivity contribution in [1.82, 2.24) is 30.0 Å². The predicted octanol–water partition coefficient (Wildman–Crippen LogP) is 2.24. The summed E-state index contributed by atoms with van der Waals surface area (Å²) < 4.78 is 35.0. The number of nitrogens with one attached hydrogen (secondary N) is 1. The summed E-state index contributed by atoms with van der Waals surface area (Å²) in [4.78, 5) is 23.7. The van der Waals surface area contributed by atoms with Crippen molar-refractivity contribution in [2.75, 3.05) is 0 Å². The van der Waals surface area contributed by atoms with Gasteiger partial charge < -0.3 is 14.8 Å². The van der Waals surface area contributed by atoms with Crippen LogP contribution >= 0.6 is 0 Å². The number of carbonyl (C=O) groups excluding carboxylic acids is 1. The Kier molecular flexibility index (Phi) is 5.45. The highest BCUT2D eigenvalue weighted by Gasteiger charge is 2.22. The molecule has 0 radical (unpaired) electrons. The molecule has 0 spiro atoms. The van der Waals surface area contributed by atoms with Gasteiger partial charge in [-0.2, -0.15) is 18.6 Å². The summed E-state index contributed by atoms with van der Waals surface area (Å²) >= 11 is 0. The molecule has 11 heteroatoms. The minimum Gasteiger partial charge on any atom is -0.438 e. The Morgan fingerprint density at radius 1 is 1.24 bits per heavy atom. The monoisotopic (exact) mass is 356 g/mol. The fourth-order valence-electron chi connectivity index (χ4n) is 1.81. The average Bonchev–Trinajstić information content (AvgIpc) is 2.94. The fourth-order valence-corrected chi connectivity index (χ4v) is 1.81. The van der Waals surface area contributed by atoms with E-state index in [1.54, 1.807) is 6.92 Å². The number of hydrogen-bond acceptors (Lipinski definition) is 7. The van der Waals surface area contributed by atoms with Crippen LogP contribution in [0.15, 0.2) is 18.7 Å². The zero-order chi connectivity index (χ0) is 18.6. The van der Waals surface area contributed by atoms with E-state index >= 15 is 0 Å². The van der Waals surface area contributed by atoms with Gasteiger partial charge in [-0.1, -0.05) is 0 Å². The molecule has 1 amide bonds. The Balaban J connectivity index is 2.12. The second-order valence-electron chi connectivity index (χ2n) is 6.05. The largest absolute Gasteiger partial charge is 0.438 e. The molecule has 136 valence electrons. The molecule has 0 aliphatic rings. The number of nitrogens with zero attached hydrogens (tertiary/aromatic N) is 5. The second-order valence-corrected chi connectivity index (χ2v) is 6.05. The van der Waals surface area contributed by atoms with E-state index in [2.05, 4.69) is 30.1 Å². The lowest BCUT2D eigenvalue weighted by Crippen LogP contribution is -2.41. The van der Waals surface area contributed by atoms with Crippen molar-refractivity contribution in [3.63, 3.8) is 0 Å². The van der Waals surface area contributed by atoms with Crippen molar-refractivity contribution < 1.29 is 23.0 Å². The van der Waals surface area contributed by atoms with Crippen LogP contribution in [0.25, 0.3) is 5.95 Å². The first-order valence-corrected chi connectivity index (χ1v) is 7.31. The van der Waals surface area contributed by atoms with Crippen molar-refractivity contribution >= 4 is 6.09 Å². The van der Waals surface area contributed by atoms with E-state index in [-0.39, 0.29) is 17.5 Å². The normalized spacial score (nSPS) is 12.8. The van der Waals surface area contributed by atoms with Crippen LogP contribution in [0.3, 0.4) is 0 Å². The standard InChI is InChI=1S/C14H18F2N6O3/c1-8(24-13(23)21-14(2,3)4)10-19-7-20-22(10)12-17-5-9(6-18-12)25-11(15)16/h5-8,11H,1-4H3,(H,21,23). The number of ether oxygens (including phenoxy) is 2. The maximum absolute atomic E-state index is 12.1. The third-order valence-corrected chi connectivity index (χ3v) is 2.73. The molecule has 2 aromatic rings. The molecule has 0 aliphatic carbocycles. The number of amides is 1. The summed E-state index contributed by atoms with van der Waals surface area (Å²) in [5.74, 6) is 0.154. The van der Waals surface area contributed by atoms with Gasteiger partial charge in [0.2, 0.25) is 0 Å². The van der Waals surface area contributed by atoms with Crippen molar-refractivity contribution in [2.45, 2.75) is 45.9 Å². The number of alkyl carbamates (subject to hydrolysis) is 1. The van der Waals surface area contributed by atoms with Crippen molar-refractivity contribution in [2.24, 2.45) is 0 Å². The number of hydrogen-bond donors (Lipinski definition) is 1. The van der Waals surface area contributed by atoms with E-state index in [0.29, 0.717) is 0 Å². The lowest BCUT2D eigenvalue weighted by Gasteiger charge is -2.21. The van der Waals surface area contributed by atoms with Crippen LogP contribution in [-0.4, -0.2) is 43.0 Å². The van der Waals surface area contributed by atoms with Crippen LogP contribution in [0, 0.1) is 0 Å². The summed E-state index contributed by atoms with van der Waals surface area (Å²) in [5.41, 5.74) is -0.450. The zero-order valence-electron chi connectivity index (χ0n) is 14.1. The second kappa shape index (κ2) is 7.36. The maximum Gasteiger partial charge on any atom is 0.408 e. The zero-order valence-corrected chi connectivity index (χ0v) is 14.1. The quantitative estimate of drug-likeness (QED) is 0.876. The minimum atomic E-state index is -2.97. The van der Waals surface area contributed by atoms with Gasteiger partial charge in [0.15, 0.2) is 17.7 Å². The molecular formula is C14H18F2N6O3. The molecule has 9 nitrogen and oxygen atoms in total. The van der Waals surface area contributed by atoms with E-state index in [9.17, 15) is 13.6 Å². The van der Waals surface area contributed by atoms with Gasteiger partial charge in [0.1, 0.15) is 6.33 Å². The van der Waals surface area contributed by atoms with E-state index in [4.69, 9.17) is 4.74 Å². The maximum atomic E-state index is 12.1. The topological polar surface area (TPSA) is 104 Å². The van der Waals surface area contributed by atoms with Crippen LogP contribution < -0.4 is 10.1 Å². The van der Waals surface area contributed by atoms with Crippen molar-refractivity contribution in [1.29, 1.82) is 0 Å². The third-order valence-electron chi connectivity index (χ3n) is 2.73. The number of aromatic nitrogens is 5. The average molecular weight is 356 g/mol. The predicted molar refractivity (Wildman–Crippen MR) is 81.4 cm³/mol. The van der Waals surface area contributed by atoms with Gasteiger partial charge in [-0.05, 0) is 27.7 Å². The van der Waals surface area contributed by atoms with Crippen LogP contribution in [0.2, 0.25) is 0 Å². The molecule has 0 aliphatic heterocycles.